The minimum atomic E-state index is -0.142. The van der Waals surface area contributed by atoms with Crippen LogP contribution < -0.4 is 5.56 Å². The summed E-state index contributed by atoms with van der Waals surface area (Å²) in [7, 11) is 0. The zero-order valence-corrected chi connectivity index (χ0v) is 13.3. The van der Waals surface area contributed by atoms with Gasteiger partial charge in [0.2, 0.25) is 0 Å². The Hall–Kier alpha value is -2.51. The predicted octanol–water partition coefficient (Wildman–Crippen LogP) is 2.74. The summed E-state index contributed by atoms with van der Waals surface area (Å²) in [5.41, 5.74) is 3.70. The molecule has 0 bridgehead atoms. The predicted molar refractivity (Wildman–Crippen MR) is 89.4 cm³/mol. The number of hydrogen-bond acceptors (Lipinski definition) is 5. The van der Waals surface area contributed by atoms with Crippen molar-refractivity contribution in [3.05, 3.63) is 68.8 Å². The Morgan fingerprint density at radius 3 is 2.96 bits per heavy atom. The van der Waals surface area contributed by atoms with E-state index >= 15 is 0 Å². The van der Waals surface area contributed by atoms with E-state index in [0.29, 0.717) is 22.6 Å². The van der Waals surface area contributed by atoms with Crippen LogP contribution in [0, 0.1) is 0 Å². The van der Waals surface area contributed by atoms with Crippen molar-refractivity contribution >= 4 is 34.0 Å². The molecule has 0 spiro atoms. The van der Waals surface area contributed by atoms with Gasteiger partial charge >= 0.3 is 0 Å². The molecule has 0 aliphatic carbocycles. The SMILES string of the molecule is O=c1c2cnn(-c3cccc(Cl)c3)c2ncn1Cc1cscn1. The smallest absolute Gasteiger partial charge is 0.264 e. The van der Waals surface area contributed by atoms with Crippen molar-refractivity contribution < 1.29 is 0 Å². The Labute approximate surface area is 139 Å². The van der Waals surface area contributed by atoms with E-state index in [0.717, 1.165) is 11.4 Å². The summed E-state index contributed by atoms with van der Waals surface area (Å²) in [4.78, 5) is 21.2. The van der Waals surface area contributed by atoms with Crippen LogP contribution in [0.25, 0.3) is 16.7 Å². The molecular weight excluding hydrogens is 334 g/mol. The first-order valence-electron chi connectivity index (χ1n) is 6.78. The van der Waals surface area contributed by atoms with Crippen molar-refractivity contribution in [1.82, 2.24) is 24.3 Å². The molecule has 6 nitrogen and oxygen atoms in total. The van der Waals surface area contributed by atoms with Gasteiger partial charge in [-0.05, 0) is 18.2 Å². The molecule has 8 heteroatoms. The maximum Gasteiger partial charge on any atom is 0.264 e. The molecule has 0 unspecified atom stereocenters. The molecule has 0 amide bonds. The molecule has 1 aromatic carbocycles. The van der Waals surface area contributed by atoms with Gasteiger partial charge in [0, 0.05) is 10.4 Å². The van der Waals surface area contributed by atoms with Gasteiger partial charge in [-0.2, -0.15) is 5.10 Å². The highest BCUT2D eigenvalue weighted by Gasteiger charge is 2.12. The van der Waals surface area contributed by atoms with Gasteiger partial charge < -0.3 is 0 Å². The largest absolute Gasteiger partial charge is 0.292 e. The first-order valence-corrected chi connectivity index (χ1v) is 8.10. The van der Waals surface area contributed by atoms with Crippen LogP contribution >= 0.6 is 22.9 Å². The highest BCUT2D eigenvalue weighted by atomic mass is 35.5. The second-order valence-electron chi connectivity index (χ2n) is 4.93. The summed E-state index contributed by atoms with van der Waals surface area (Å²) in [6.45, 7) is 0.396. The van der Waals surface area contributed by atoms with Crippen molar-refractivity contribution in [3.63, 3.8) is 0 Å². The maximum absolute atomic E-state index is 12.6. The van der Waals surface area contributed by atoms with E-state index in [1.165, 1.54) is 28.4 Å². The lowest BCUT2D eigenvalue weighted by Crippen LogP contribution is -2.21. The molecule has 0 saturated heterocycles. The summed E-state index contributed by atoms with van der Waals surface area (Å²) in [5.74, 6) is 0. The number of thiazole rings is 1. The van der Waals surface area contributed by atoms with Crippen LogP contribution in [0.3, 0.4) is 0 Å². The lowest BCUT2D eigenvalue weighted by atomic mass is 10.3. The van der Waals surface area contributed by atoms with E-state index in [2.05, 4.69) is 15.1 Å². The number of halogens is 1. The van der Waals surface area contributed by atoms with Crippen molar-refractivity contribution in [2.24, 2.45) is 0 Å². The summed E-state index contributed by atoms with van der Waals surface area (Å²) < 4.78 is 3.14. The molecule has 0 aliphatic rings. The zero-order valence-electron chi connectivity index (χ0n) is 11.8. The second kappa shape index (κ2) is 5.60. The van der Waals surface area contributed by atoms with E-state index in [9.17, 15) is 4.79 Å². The van der Waals surface area contributed by atoms with Crippen molar-refractivity contribution in [2.75, 3.05) is 0 Å². The van der Waals surface area contributed by atoms with Gasteiger partial charge in [0.1, 0.15) is 11.7 Å². The molecule has 0 N–H and O–H groups in total. The van der Waals surface area contributed by atoms with Crippen LogP contribution in [0.1, 0.15) is 5.69 Å². The van der Waals surface area contributed by atoms with Gasteiger partial charge in [0.15, 0.2) is 5.65 Å². The highest BCUT2D eigenvalue weighted by Crippen LogP contribution is 2.17. The molecule has 4 aromatic rings. The second-order valence-corrected chi connectivity index (χ2v) is 6.09. The molecule has 0 saturated carbocycles. The fourth-order valence-electron chi connectivity index (χ4n) is 2.35. The number of aromatic nitrogens is 5. The van der Waals surface area contributed by atoms with Crippen LogP contribution in [0.5, 0.6) is 0 Å². The molecule has 114 valence electrons. The lowest BCUT2D eigenvalue weighted by molar-refractivity contribution is 0.731. The first-order chi connectivity index (χ1) is 11.2. The summed E-state index contributed by atoms with van der Waals surface area (Å²) in [6, 6.07) is 7.25. The van der Waals surface area contributed by atoms with E-state index < -0.39 is 0 Å². The number of fused-ring (bicyclic) bond motifs is 1. The average Bonchev–Trinajstić information content (AvgIpc) is 3.20. The van der Waals surface area contributed by atoms with Gasteiger partial charge in [0.25, 0.3) is 5.56 Å². The fraction of sp³-hybridized carbons (Fsp3) is 0.0667. The molecule has 4 rings (SSSR count). The Balaban J connectivity index is 1.82. The highest BCUT2D eigenvalue weighted by molar-refractivity contribution is 7.07. The lowest BCUT2D eigenvalue weighted by Gasteiger charge is -2.05. The topological polar surface area (TPSA) is 65.6 Å². The fourth-order valence-corrected chi connectivity index (χ4v) is 3.08. The minimum absolute atomic E-state index is 0.142. The molecule has 0 radical (unpaired) electrons. The summed E-state index contributed by atoms with van der Waals surface area (Å²) in [6.07, 6.45) is 3.05. The molecule has 0 fully saturated rings. The molecule has 3 heterocycles. The van der Waals surface area contributed by atoms with Gasteiger partial charge in [-0.3, -0.25) is 9.36 Å². The monoisotopic (exact) mass is 343 g/mol. The Kier molecular flexibility index (Phi) is 3.44. The van der Waals surface area contributed by atoms with E-state index in [1.54, 1.807) is 22.3 Å². The number of rotatable bonds is 3. The van der Waals surface area contributed by atoms with Gasteiger partial charge in [0.05, 0.1) is 29.6 Å². The third-order valence-electron chi connectivity index (χ3n) is 3.42. The number of hydrogen-bond donors (Lipinski definition) is 0. The van der Waals surface area contributed by atoms with Crippen LogP contribution in [0.4, 0.5) is 0 Å². The standard InChI is InChI=1S/C15H10ClN5OS/c16-10-2-1-3-12(4-10)21-14-13(5-19-21)15(22)20(8-17-14)6-11-7-23-9-18-11/h1-5,7-9H,6H2. The average molecular weight is 344 g/mol. The molecule has 23 heavy (non-hydrogen) atoms. The van der Waals surface area contributed by atoms with E-state index in [4.69, 9.17) is 11.6 Å². The van der Waals surface area contributed by atoms with E-state index in [-0.39, 0.29) is 5.56 Å². The Morgan fingerprint density at radius 2 is 2.17 bits per heavy atom. The van der Waals surface area contributed by atoms with Gasteiger partial charge in [-0.15, -0.1) is 11.3 Å². The van der Waals surface area contributed by atoms with Crippen LogP contribution in [0.15, 0.2) is 52.5 Å². The zero-order chi connectivity index (χ0) is 15.8. The third kappa shape index (κ3) is 2.54. The quantitative estimate of drug-likeness (QED) is 0.573. The van der Waals surface area contributed by atoms with Crippen molar-refractivity contribution in [1.29, 1.82) is 0 Å². The summed E-state index contributed by atoms with van der Waals surface area (Å²) in [5, 5.41) is 7.24. The molecule has 0 atom stereocenters. The molecule has 0 aliphatic heterocycles. The normalized spacial score (nSPS) is 11.2. The van der Waals surface area contributed by atoms with Crippen molar-refractivity contribution in [2.45, 2.75) is 6.54 Å². The number of benzene rings is 1. The Morgan fingerprint density at radius 1 is 1.26 bits per heavy atom. The van der Waals surface area contributed by atoms with Crippen LogP contribution in [-0.2, 0) is 6.54 Å². The first kappa shape index (κ1) is 14.1. The molecule has 3 aromatic heterocycles. The van der Waals surface area contributed by atoms with Crippen LogP contribution in [0.2, 0.25) is 5.02 Å². The van der Waals surface area contributed by atoms with Crippen LogP contribution in [-0.4, -0.2) is 24.3 Å². The number of nitrogens with zero attached hydrogens (tertiary/aromatic N) is 5. The summed E-state index contributed by atoms with van der Waals surface area (Å²) >= 11 is 7.51. The third-order valence-corrected chi connectivity index (χ3v) is 4.29. The van der Waals surface area contributed by atoms with Gasteiger partial charge in [-0.25, -0.2) is 14.6 Å². The van der Waals surface area contributed by atoms with E-state index in [1.807, 2.05) is 17.5 Å². The molecular formula is C15H10ClN5OS. The Bertz CT molecular complexity index is 1040. The maximum atomic E-state index is 12.6. The minimum Gasteiger partial charge on any atom is -0.292 e. The van der Waals surface area contributed by atoms with Crippen molar-refractivity contribution in [3.8, 4) is 5.69 Å². The van der Waals surface area contributed by atoms with Gasteiger partial charge in [-0.1, -0.05) is 17.7 Å².